The normalized spacial score (nSPS) is 10.6. The van der Waals surface area contributed by atoms with E-state index in [1.54, 1.807) is 4.18 Å². The first-order valence-electron chi connectivity index (χ1n) is 4.96. The van der Waals surface area contributed by atoms with Gasteiger partial charge in [-0.05, 0) is 0 Å². The van der Waals surface area contributed by atoms with E-state index in [2.05, 4.69) is 30.4 Å². The second kappa shape index (κ2) is 7.48. The summed E-state index contributed by atoms with van der Waals surface area (Å²) in [7, 11) is 0. The SMILES string of the molecule is CC[CH2][In]([CH3])[CH2]N(CC)CC. The van der Waals surface area contributed by atoms with Gasteiger partial charge in [0, 0.05) is 0 Å². The van der Waals surface area contributed by atoms with E-state index in [1.165, 1.54) is 23.8 Å². The van der Waals surface area contributed by atoms with E-state index in [1.807, 2.05) is 0 Å². The first-order chi connectivity index (χ1) is 5.24. The molecule has 0 aliphatic carbocycles. The fourth-order valence-electron chi connectivity index (χ4n) is 1.51. The molecule has 0 N–H and O–H groups in total. The van der Waals surface area contributed by atoms with Crippen molar-refractivity contribution in [3.05, 3.63) is 0 Å². The summed E-state index contributed by atoms with van der Waals surface area (Å²) >= 11 is -1.01. The zero-order valence-corrected chi connectivity index (χ0v) is 11.9. The zero-order valence-electron chi connectivity index (χ0n) is 8.56. The third-order valence-electron chi connectivity index (χ3n) is 2.25. The van der Waals surface area contributed by atoms with Crippen molar-refractivity contribution in [1.29, 1.82) is 0 Å². The molecule has 0 fully saturated rings. The van der Waals surface area contributed by atoms with E-state index in [9.17, 15) is 0 Å². The second-order valence-corrected chi connectivity index (χ2v) is 12.4. The summed E-state index contributed by atoms with van der Waals surface area (Å²) in [4.78, 5) is 2.59. The fourth-order valence-corrected chi connectivity index (χ4v) is 8.83. The molecule has 0 aromatic rings. The molecule has 0 saturated heterocycles. The Bertz CT molecular complexity index is 81.6. The van der Waals surface area contributed by atoms with Crippen LogP contribution in [0.2, 0.25) is 8.86 Å². The molecule has 0 aromatic heterocycles. The van der Waals surface area contributed by atoms with Gasteiger partial charge in [0.05, 0.1) is 0 Å². The van der Waals surface area contributed by atoms with Crippen LogP contribution in [0.25, 0.3) is 0 Å². The van der Waals surface area contributed by atoms with Gasteiger partial charge in [-0.25, -0.2) is 0 Å². The third kappa shape index (κ3) is 6.03. The molecular weight excluding hydrogens is 237 g/mol. The van der Waals surface area contributed by atoms with E-state index in [0.29, 0.717) is 0 Å². The van der Waals surface area contributed by atoms with Crippen LogP contribution in [0.1, 0.15) is 27.2 Å². The van der Waals surface area contributed by atoms with Crippen molar-refractivity contribution in [1.82, 2.24) is 4.90 Å². The van der Waals surface area contributed by atoms with Gasteiger partial charge < -0.3 is 0 Å². The van der Waals surface area contributed by atoms with Crippen molar-refractivity contribution < 1.29 is 0 Å². The first kappa shape index (κ1) is 11.8. The van der Waals surface area contributed by atoms with Crippen LogP contribution in [0.3, 0.4) is 0 Å². The zero-order chi connectivity index (χ0) is 8.69. The number of hydrogen-bond acceptors (Lipinski definition) is 1. The van der Waals surface area contributed by atoms with Crippen LogP contribution >= 0.6 is 0 Å². The van der Waals surface area contributed by atoms with Gasteiger partial charge in [0.25, 0.3) is 0 Å². The summed E-state index contributed by atoms with van der Waals surface area (Å²) in [6, 6.07) is 0. The summed E-state index contributed by atoms with van der Waals surface area (Å²) in [5.74, 6) is 0. The molecule has 0 rings (SSSR count). The van der Waals surface area contributed by atoms with Gasteiger partial charge in [-0.15, -0.1) is 0 Å². The standard InChI is InChI=1S/C5H12N.C3H7.CH3.In/c1-4-6(3)5-2;1-3-2;;/h3-5H2,1-2H3;1,3H2,2H3;1H3;. The van der Waals surface area contributed by atoms with Crippen molar-refractivity contribution in [3.63, 3.8) is 0 Å². The van der Waals surface area contributed by atoms with Crippen molar-refractivity contribution >= 4 is 21.4 Å². The fraction of sp³-hybridized carbons (Fsp3) is 1.00. The van der Waals surface area contributed by atoms with Gasteiger partial charge in [-0.2, -0.15) is 0 Å². The Hall–Kier alpha value is 0.830. The predicted molar refractivity (Wildman–Crippen MR) is 54.5 cm³/mol. The Labute approximate surface area is 79.7 Å². The molecule has 0 radical (unpaired) electrons. The van der Waals surface area contributed by atoms with E-state index < -0.39 is 21.4 Å². The molecule has 0 aliphatic heterocycles. The molecular formula is C9H22InN. The number of nitrogens with zero attached hydrogens (tertiary/aromatic N) is 1. The van der Waals surface area contributed by atoms with Crippen molar-refractivity contribution in [2.24, 2.45) is 0 Å². The van der Waals surface area contributed by atoms with Gasteiger partial charge >= 0.3 is 79.8 Å². The van der Waals surface area contributed by atoms with Gasteiger partial charge in [0.15, 0.2) is 0 Å². The molecule has 0 unspecified atom stereocenters. The molecule has 66 valence electrons. The third-order valence-corrected chi connectivity index (χ3v) is 9.96. The van der Waals surface area contributed by atoms with Crippen LogP contribution in [0.4, 0.5) is 0 Å². The Balaban J connectivity index is 3.44. The quantitative estimate of drug-likeness (QED) is 0.708. The predicted octanol–water partition coefficient (Wildman–Crippen LogP) is 2.40. The van der Waals surface area contributed by atoms with Crippen LogP contribution in [0.15, 0.2) is 0 Å². The minimum absolute atomic E-state index is 1.01. The van der Waals surface area contributed by atoms with Crippen molar-refractivity contribution in [2.45, 2.75) is 36.0 Å². The van der Waals surface area contributed by atoms with Crippen LogP contribution in [0.5, 0.6) is 0 Å². The Morgan fingerprint density at radius 1 is 1.09 bits per heavy atom. The summed E-state index contributed by atoms with van der Waals surface area (Å²) in [6.07, 6.45) is 1.42. The molecule has 2 heteroatoms. The average molecular weight is 259 g/mol. The van der Waals surface area contributed by atoms with Crippen LogP contribution < -0.4 is 0 Å². The van der Waals surface area contributed by atoms with Crippen LogP contribution in [0, 0.1) is 0 Å². The second-order valence-electron chi connectivity index (χ2n) is 3.38. The maximum atomic E-state index is 2.59. The van der Waals surface area contributed by atoms with E-state index in [0.717, 1.165) is 0 Å². The topological polar surface area (TPSA) is 3.24 Å². The maximum absolute atomic E-state index is 2.59. The molecule has 0 bridgehead atoms. The number of hydrogen-bond donors (Lipinski definition) is 0. The van der Waals surface area contributed by atoms with E-state index in [-0.39, 0.29) is 0 Å². The molecule has 1 nitrogen and oxygen atoms in total. The Kier molecular flexibility index (Phi) is 8.04. The summed E-state index contributed by atoms with van der Waals surface area (Å²) in [5.41, 5.74) is 0. The molecule has 0 saturated carbocycles. The van der Waals surface area contributed by atoms with Crippen LogP contribution in [-0.2, 0) is 0 Å². The van der Waals surface area contributed by atoms with Crippen molar-refractivity contribution in [3.8, 4) is 0 Å². The molecule has 0 aromatic carbocycles. The Morgan fingerprint density at radius 3 is 2.00 bits per heavy atom. The summed E-state index contributed by atoms with van der Waals surface area (Å²) in [5, 5.41) is 0. The molecule has 0 aliphatic rings. The Morgan fingerprint density at radius 2 is 1.64 bits per heavy atom. The average Bonchev–Trinajstić information content (AvgIpc) is 2.01. The van der Waals surface area contributed by atoms with E-state index in [4.69, 9.17) is 0 Å². The molecule has 0 amide bonds. The molecule has 0 heterocycles. The molecule has 0 spiro atoms. The monoisotopic (exact) mass is 259 g/mol. The summed E-state index contributed by atoms with van der Waals surface area (Å²) < 4.78 is 5.63. The van der Waals surface area contributed by atoms with Gasteiger partial charge in [0.1, 0.15) is 0 Å². The van der Waals surface area contributed by atoms with E-state index >= 15 is 0 Å². The van der Waals surface area contributed by atoms with Gasteiger partial charge in [0.2, 0.25) is 0 Å². The number of rotatable bonds is 6. The van der Waals surface area contributed by atoms with Crippen molar-refractivity contribution in [2.75, 3.05) is 17.4 Å². The minimum atomic E-state index is -1.01. The molecule has 0 atom stereocenters. The van der Waals surface area contributed by atoms with Gasteiger partial charge in [-0.3, -0.25) is 0 Å². The molecule has 11 heavy (non-hydrogen) atoms. The van der Waals surface area contributed by atoms with Gasteiger partial charge in [-0.1, -0.05) is 0 Å². The summed E-state index contributed by atoms with van der Waals surface area (Å²) in [6.45, 7) is 9.36. The first-order valence-corrected chi connectivity index (χ1v) is 12.9. The van der Waals surface area contributed by atoms with Crippen LogP contribution in [-0.4, -0.2) is 43.7 Å².